The third-order valence-corrected chi connectivity index (χ3v) is 4.30. The number of pyridine rings is 1. The van der Waals surface area contributed by atoms with Crippen LogP contribution >= 0.6 is 15.9 Å². The van der Waals surface area contributed by atoms with Gasteiger partial charge in [0.25, 0.3) is 5.69 Å². The first-order valence-corrected chi connectivity index (χ1v) is 6.93. The van der Waals surface area contributed by atoms with Gasteiger partial charge in [0.1, 0.15) is 12.3 Å². The maximum atomic E-state index is 10.8. The zero-order valence-corrected chi connectivity index (χ0v) is 12.4. The molecular formula is C12H16BrN3O3. The summed E-state index contributed by atoms with van der Waals surface area (Å²) in [5, 5.41) is 13.9. The monoisotopic (exact) mass is 329 g/mol. The van der Waals surface area contributed by atoms with E-state index < -0.39 is 4.92 Å². The number of nitrogens with zero attached hydrogens (tertiary/aromatic N) is 2. The molecule has 1 aliphatic rings. The first-order valence-electron chi connectivity index (χ1n) is 6.13. The Bertz CT molecular complexity index is 489. The Balaban J connectivity index is 2.03. The molecule has 104 valence electrons. The third-order valence-electron chi connectivity index (χ3n) is 3.37. The molecule has 6 nitrogen and oxygen atoms in total. The van der Waals surface area contributed by atoms with Crippen LogP contribution in [-0.2, 0) is 0 Å². The standard InChI is InChI=1S/C12H16BrN3O3/c1-7-10(16(17)18)6-15-12(11(7)13)19-9-3-8(4-9)5-14-2/h6,8-9,14H,3-5H2,1-2H3. The number of nitrogens with one attached hydrogen (secondary N) is 1. The van der Waals surface area contributed by atoms with Gasteiger partial charge in [0.05, 0.1) is 9.40 Å². The predicted molar refractivity (Wildman–Crippen MR) is 74.4 cm³/mol. The van der Waals surface area contributed by atoms with Crippen molar-refractivity contribution in [1.29, 1.82) is 0 Å². The highest BCUT2D eigenvalue weighted by Gasteiger charge is 2.31. The summed E-state index contributed by atoms with van der Waals surface area (Å²) in [6.45, 7) is 2.68. The quantitative estimate of drug-likeness (QED) is 0.663. The van der Waals surface area contributed by atoms with E-state index in [1.54, 1.807) is 6.92 Å². The zero-order chi connectivity index (χ0) is 14.0. The molecule has 1 aromatic rings. The summed E-state index contributed by atoms with van der Waals surface area (Å²) in [5.74, 6) is 1.09. The second-order valence-electron chi connectivity index (χ2n) is 4.78. The molecule has 1 heterocycles. The van der Waals surface area contributed by atoms with Crippen molar-refractivity contribution in [2.24, 2.45) is 5.92 Å². The van der Waals surface area contributed by atoms with Gasteiger partial charge in [-0.05, 0) is 55.2 Å². The summed E-state index contributed by atoms with van der Waals surface area (Å²) in [7, 11) is 1.94. The Kier molecular flexibility index (Phi) is 4.36. The highest BCUT2D eigenvalue weighted by Crippen LogP contribution is 2.36. The molecule has 0 saturated heterocycles. The van der Waals surface area contributed by atoms with E-state index in [-0.39, 0.29) is 11.8 Å². The number of rotatable bonds is 5. The second kappa shape index (κ2) is 5.83. The van der Waals surface area contributed by atoms with Crippen molar-refractivity contribution in [3.05, 3.63) is 26.3 Å². The summed E-state index contributed by atoms with van der Waals surface area (Å²) in [6.07, 6.45) is 3.39. The van der Waals surface area contributed by atoms with Crippen LogP contribution in [0.25, 0.3) is 0 Å². The predicted octanol–water partition coefficient (Wildman–Crippen LogP) is 2.44. The minimum Gasteiger partial charge on any atom is -0.474 e. The molecule has 1 saturated carbocycles. The second-order valence-corrected chi connectivity index (χ2v) is 5.57. The Morgan fingerprint density at radius 1 is 1.63 bits per heavy atom. The zero-order valence-electron chi connectivity index (χ0n) is 10.9. The molecule has 7 heteroatoms. The van der Waals surface area contributed by atoms with Gasteiger partial charge in [-0.3, -0.25) is 10.1 Å². The van der Waals surface area contributed by atoms with Crippen molar-refractivity contribution in [1.82, 2.24) is 10.3 Å². The maximum Gasteiger partial charge on any atom is 0.291 e. The van der Waals surface area contributed by atoms with Crippen LogP contribution in [0.1, 0.15) is 18.4 Å². The van der Waals surface area contributed by atoms with Gasteiger partial charge in [0.2, 0.25) is 5.88 Å². The van der Waals surface area contributed by atoms with E-state index >= 15 is 0 Å². The van der Waals surface area contributed by atoms with Crippen LogP contribution in [0.15, 0.2) is 10.7 Å². The first-order chi connectivity index (χ1) is 9.02. The lowest BCUT2D eigenvalue weighted by Gasteiger charge is -2.35. The van der Waals surface area contributed by atoms with Crippen LogP contribution in [0.3, 0.4) is 0 Å². The number of halogens is 1. The molecule has 0 aliphatic heterocycles. The average molecular weight is 330 g/mol. The van der Waals surface area contributed by atoms with Gasteiger partial charge < -0.3 is 10.1 Å². The summed E-state index contributed by atoms with van der Waals surface area (Å²) in [4.78, 5) is 14.4. The van der Waals surface area contributed by atoms with Crippen molar-refractivity contribution >= 4 is 21.6 Å². The first kappa shape index (κ1) is 14.2. The summed E-state index contributed by atoms with van der Waals surface area (Å²) in [5.41, 5.74) is 0.544. The number of hydrogen-bond acceptors (Lipinski definition) is 5. The van der Waals surface area contributed by atoms with Gasteiger partial charge in [0.15, 0.2) is 0 Å². The van der Waals surface area contributed by atoms with Crippen LogP contribution in [0, 0.1) is 23.0 Å². The SMILES string of the molecule is CNCC1CC(Oc2ncc([N+](=O)[O-])c(C)c2Br)C1. The highest BCUT2D eigenvalue weighted by atomic mass is 79.9. The molecule has 0 unspecified atom stereocenters. The van der Waals surface area contributed by atoms with Crippen LogP contribution in [0.2, 0.25) is 0 Å². The molecule has 0 atom stereocenters. The minimum atomic E-state index is -0.441. The Hall–Kier alpha value is -1.21. The van der Waals surface area contributed by atoms with Gasteiger partial charge in [-0.15, -0.1) is 0 Å². The lowest BCUT2D eigenvalue weighted by molar-refractivity contribution is -0.385. The lowest BCUT2D eigenvalue weighted by atomic mass is 9.82. The minimum absolute atomic E-state index is 0.000828. The smallest absolute Gasteiger partial charge is 0.291 e. The molecule has 19 heavy (non-hydrogen) atoms. The summed E-state index contributed by atoms with van der Waals surface area (Å²) < 4.78 is 6.33. The van der Waals surface area contributed by atoms with Crippen molar-refractivity contribution < 1.29 is 9.66 Å². The van der Waals surface area contributed by atoms with Gasteiger partial charge in [-0.1, -0.05) is 0 Å². The fourth-order valence-electron chi connectivity index (χ4n) is 2.20. The third kappa shape index (κ3) is 3.03. The summed E-state index contributed by atoms with van der Waals surface area (Å²) in [6, 6.07) is 0. The average Bonchev–Trinajstić information content (AvgIpc) is 2.31. The Morgan fingerprint density at radius 2 is 2.32 bits per heavy atom. The van der Waals surface area contributed by atoms with E-state index in [1.807, 2.05) is 7.05 Å². The molecule has 1 aromatic heterocycles. The van der Waals surface area contributed by atoms with E-state index in [2.05, 4.69) is 26.2 Å². The number of aromatic nitrogens is 1. The topological polar surface area (TPSA) is 77.3 Å². The highest BCUT2D eigenvalue weighted by molar-refractivity contribution is 9.10. The fraction of sp³-hybridized carbons (Fsp3) is 0.583. The molecule has 0 amide bonds. The van der Waals surface area contributed by atoms with Gasteiger partial charge in [0, 0.05) is 5.56 Å². The molecule has 0 radical (unpaired) electrons. The van der Waals surface area contributed by atoms with Crippen molar-refractivity contribution in [3.63, 3.8) is 0 Å². The van der Waals surface area contributed by atoms with E-state index in [4.69, 9.17) is 4.74 Å². The van der Waals surface area contributed by atoms with E-state index in [9.17, 15) is 10.1 Å². The molecule has 0 aromatic carbocycles. The van der Waals surface area contributed by atoms with Crippen LogP contribution in [0.5, 0.6) is 5.88 Å². The number of nitro groups is 1. The molecule has 0 spiro atoms. The molecular weight excluding hydrogens is 314 g/mol. The molecule has 1 N–H and O–H groups in total. The fourth-order valence-corrected chi connectivity index (χ4v) is 2.60. The van der Waals surface area contributed by atoms with Crippen molar-refractivity contribution in [3.8, 4) is 5.88 Å². The van der Waals surface area contributed by atoms with Gasteiger partial charge in [-0.25, -0.2) is 4.98 Å². The molecule has 1 aliphatic carbocycles. The molecule has 0 bridgehead atoms. The van der Waals surface area contributed by atoms with Crippen molar-refractivity contribution in [2.45, 2.75) is 25.9 Å². The van der Waals surface area contributed by atoms with Crippen molar-refractivity contribution in [2.75, 3.05) is 13.6 Å². The summed E-state index contributed by atoms with van der Waals surface area (Å²) >= 11 is 3.32. The van der Waals surface area contributed by atoms with Gasteiger partial charge in [-0.2, -0.15) is 0 Å². The van der Waals surface area contributed by atoms with Crippen LogP contribution in [-0.4, -0.2) is 29.6 Å². The molecule has 1 fully saturated rings. The number of ether oxygens (including phenoxy) is 1. The maximum absolute atomic E-state index is 10.8. The van der Waals surface area contributed by atoms with Gasteiger partial charge >= 0.3 is 0 Å². The normalized spacial score (nSPS) is 21.8. The van der Waals surface area contributed by atoms with E-state index in [0.29, 0.717) is 21.8 Å². The van der Waals surface area contributed by atoms with Crippen LogP contribution < -0.4 is 10.1 Å². The van der Waals surface area contributed by atoms with E-state index in [0.717, 1.165) is 19.4 Å². The van der Waals surface area contributed by atoms with Crippen LogP contribution in [0.4, 0.5) is 5.69 Å². The van der Waals surface area contributed by atoms with E-state index in [1.165, 1.54) is 6.20 Å². The lowest BCUT2D eigenvalue weighted by Crippen LogP contribution is -2.38. The molecule has 2 rings (SSSR count). The Morgan fingerprint density at radius 3 is 2.89 bits per heavy atom. The largest absolute Gasteiger partial charge is 0.474 e. The Labute approximate surface area is 119 Å². The number of hydrogen-bond donors (Lipinski definition) is 1.